The Morgan fingerprint density at radius 1 is 1.44 bits per heavy atom. The molecule has 1 atom stereocenters. The molecule has 4 nitrogen and oxygen atoms in total. The van der Waals surface area contributed by atoms with Crippen LogP contribution in [0, 0.1) is 0 Å². The molecule has 0 saturated heterocycles. The van der Waals surface area contributed by atoms with E-state index in [0.717, 1.165) is 12.3 Å². The molecule has 0 bridgehead atoms. The van der Waals surface area contributed by atoms with Gasteiger partial charge in [0.2, 0.25) is 5.95 Å². The molecule has 102 valence electrons. The molecule has 0 aromatic carbocycles. The highest BCUT2D eigenvalue weighted by molar-refractivity contribution is 7.98. The molecule has 0 saturated carbocycles. The van der Waals surface area contributed by atoms with E-state index in [2.05, 4.69) is 15.3 Å². The van der Waals surface area contributed by atoms with Crippen LogP contribution < -0.4 is 5.32 Å². The van der Waals surface area contributed by atoms with Crippen molar-refractivity contribution in [2.24, 2.45) is 0 Å². The predicted octanol–water partition coefficient (Wildman–Crippen LogP) is 2.02. The molecule has 8 heteroatoms. The van der Waals surface area contributed by atoms with Gasteiger partial charge in [-0.05, 0) is 19.2 Å². The summed E-state index contributed by atoms with van der Waals surface area (Å²) in [6.07, 6.45) is -1.64. The van der Waals surface area contributed by atoms with Crippen LogP contribution in [0.1, 0.15) is 12.6 Å². The Kier molecular flexibility index (Phi) is 4.80. The molecule has 1 aromatic rings. The van der Waals surface area contributed by atoms with Gasteiger partial charge in [-0.15, -0.1) is 0 Å². The Morgan fingerprint density at radius 2 is 2.11 bits per heavy atom. The zero-order valence-electron chi connectivity index (χ0n) is 9.95. The standard InChI is InChI=1S/C10H14F3N3OS/c1-9(17,6-18-2)5-15-8-14-4-3-7(16-8)10(11,12)13/h3-4,17H,5-6H2,1-2H3,(H,14,15,16)/t9-/m1/s1. The van der Waals surface area contributed by atoms with Crippen LogP contribution in [0.3, 0.4) is 0 Å². The first kappa shape index (κ1) is 15.0. The van der Waals surface area contributed by atoms with Gasteiger partial charge >= 0.3 is 6.18 Å². The lowest BCUT2D eigenvalue weighted by molar-refractivity contribution is -0.141. The molecule has 18 heavy (non-hydrogen) atoms. The third kappa shape index (κ3) is 4.69. The second kappa shape index (κ2) is 5.75. The van der Waals surface area contributed by atoms with Crippen molar-refractivity contribution in [2.75, 3.05) is 23.9 Å². The summed E-state index contributed by atoms with van der Waals surface area (Å²) in [5.74, 6) is 0.310. The lowest BCUT2D eigenvalue weighted by atomic mass is 10.1. The first-order valence-electron chi connectivity index (χ1n) is 5.10. The van der Waals surface area contributed by atoms with Crippen LogP contribution in [-0.2, 0) is 6.18 Å². The van der Waals surface area contributed by atoms with Crippen molar-refractivity contribution in [3.05, 3.63) is 18.0 Å². The quantitative estimate of drug-likeness (QED) is 0.864. The van der Waals surface area contributed by atoms with E-state index < -0.39 is 17.5 Å². The first-order chi connectivity index (χ1) is 8.24. The third-order valence-corrected chi connectivity index (χ3v) is 2.94. The van der Waals surface area contributed by atoms with Gasteiger partial charge in [-0.1, -0.05) is 0 Å². The van der Waals surface area contributed by atoms with E-state index in [1.807, 2.05) is 6.26 Å². The Labute approximate surface area is 107 Å². The minimum atomic E-state index is -4.50. The number of halogens is 3. The second-order valence-corrected chi connectivity index (χ2v) is 4.91. The Morgan fingerprint density at radius 3 is 2.67 bits per heavy atom. The van der Waals surface area contributed by atoms with Gasteiger partial charge < -0.3 is 10.4 Å². The van der Waals surface area contributed by atoms with Gasteiger partial charge in [0.1, 0.15) is 5.69 Å². The summed E-state index contributed by atoms with van der Waals surface area (Å²) < 4.78 is 37.2. The Balaban J connectivity index is 2.69. The molecule has 0 radical (unpaired) electrons. The highest BCUT2D eigenvalue weighted by Crippen LogP contribution is 2.27. The number of aromatic nitrogens is 2. The summed E-state index contributed by atoms with van der Waals surface area (Å²) in [6, 6.07) is 0.797. The summed E-state index contributed by atoms with van der Waals surface area (Å²) in [4.78, 5) is 7.02. The summed E-state index contributed by atoms with van der Waals surface area (Å²) in [7, 11) is 0. The number of hydrogen-bond acceptors (Lipinski definition) is 5. The minimum Gasteiger partial charge on any atom is -0.387 e. The number of nitrogens with zero attached hydrogens (tertiary/aromatic N) is 2. The minimum absolute atomic E-state index is 0.0785. The molecular weight excluding hydrogens is 267 g/mol. The maximum absolute atomic E-state index is 12.4. The molecule has 1 aromatic heterocycles. The molecule has 0 aliphatic carbocycles. The summed E-state index contributed by atoms with van der Waals surface area (Å²) in [5.41, 5.74) is -2.04. The van der Waals surface area contributed by atoms with Gasteiger partial charge in [0.25, 0.3) is 0 Å². The number of anilines is 1. The van der Waals surface area contributed by atoms with E-state index in [4.69, 9.17) is 0 Å². The van der Waals surface area contributed by atoms with E-state index in [1.165, 1.54) is 11.8 Å². The van der Waals surface area contributed by atoms with Crippen LogP contribution in [-0.4, -0.2) is 39.2 Å². The lowest BCUT2D eigenvalue weighted by Gasteiger charge is -2.22. The predicted molar refractivity (Wildman–Crippen MR) is 64.5 cm³/mol. The zero-order valence-corrected chi connectivity index (χ0v) is 10.8. The van der Waals surface area contributed by atoms with Gasteiger partial charge in [0.05, 0.1) is 5.60 Å². The van der Waals surface area contributed by atoms with Crippen LogP contribution >= 0.6 is 11.8 Å². The van der Waals surface area contributed by atoms with Gasteiger partial charge in [0, 0.05) is 18.5 Å². The molecule has 0 aliphatic heterocycles. The lowest BCUT2D eigenvalue weighted by Crippen LogP contribution is -2.36. The highest BCUT2D eigenvalue weighted by Gasteiger charge is 2.32. The van der Waals surface area contributed by atoms with Gasteiger partial charge in [-0.25, -0.2) is 9.97 Å². The van der Waals surface area contributed by atoms with Crippen molar-refractivity contribution >= 4 is 17.7 Å². The fourth-order valence-corrected chi connectivity index (χ4v) is 1.96. The maximum atomic E-state index is 12.4. The number of aliphatic hydroxyl groups is 1. The SMILES string of the molecule is CSC[C@](C)(O)CNc1nccc(C(F)(F)F)n1. The Hall–Kier alpha value is -1.02. The van der Waals surface area contributed by atoms with Crippen LogP contribution in [0.25, 0.3) is 0 Å². The maximum Gasteiger partial charge on any atom is 0.433 e. The topological polar surface area (TPSA) is 58.0 Å². The zero-order chi connectivity index (χ0) is 13.8. The van der Waals surface area contributed by atoms with E-state index in [-0.39, 0.29) is 12.5 Å². The van der Waals surface area contributed by atoms with E-state index in [1.54, 1.807) is 6.92 Å². The summed E-state index contributed by atoms with van der Waals surface area (Å²) in [5, 5.41) is 12.4. The molecule has 1 rings (SSSR count). The van der Waals surface area contributed by atoms with Crippen LogP contribution in [0.5, 0.6) is 0 Å². The van der Waals surface area contributed by atoms with Crippen LogP contribution in [0.2, 0.25) is 0 Å². The van der Waals surface area contributed by atoms with Crippen molar-refractivity contribution in [3.63, 3.8) is 0 Å². The third-order valence-electron chi connectivity index (χ3n) is 2.03. The number of alkyl halides is 3. The fourth-order valence-electron chi connectivity index (χ4n) is 1.23. The van der Waals surface area contributed by atoms with E-state index in [0.29, 0.717) is 5.75 Å². The van der Waals surface area contributed by atoms with Gasteiger partial charge in [-0.2, -0.15) is 24.9 Å². The fraction of sp³-hybridized carbons (Fsp3) is 0.600. The summed E-state index contributed by atoms with van der Waals surface area (Å²) in [6.45, 7) is 1.67. The van der Waals surface area contributed by atoms with Crippen LogP contribution in [0.4, 0.5) is 19.1 Å². The number of rotatable bonds is 5. The van der Waals surface area contributed by atoms with E-state index in [9.17, 15) is 18.3 Å². The van der Waals surface area contributed by atoms with Crippen molar-refractivity contribution in [3.8, 4) is 0 Å². The summed E-state index contributed by atoms with van der Waals surface area (Å²) >= 11 is 1.44. The van der Waals surface area contributed by atoms with Gasteiger partial charge in [0.15, 0.2) is 0 Å². The molecule has 0 fully saturated rings. The van der Waals surface area contributed by atoms with Crippen LogP contribution in [0.15, 0.2) is 12.3 Å². The van der Waals surface area contributed by atoms with Crippen molar-refractivity contribution in [2.45, 2.75) is 18.7 Å². The average molecular weight is 281 g/mol. The van der Waals surface area contributed by atoms with Gasteiger partial charge in [-0.3, -0.25) is 0 Å². The molecule has 0 aliphatic rings. The molecular formula is C10H14F3N3OS. The largest absolute Gasteiger partial charge is 0.433 e. The average Bonchev–Trinajstić information content (AvgIpc) is 2.26. The monoisotopic (exact) mass is 281 g/mol. The molecule has 2 N–H and O–H groups in total. The van der Waals surface area contributed by atoms with Crippen molar-refractivity contribution in [1.29, 1.82) is 0 Å². The number of thioether (sulfide) groups is 1. The normalized spacial score (nSPS) is 15.2. The molecule has 0 amide bonds. The molecule has 1 heterocycles. The van der Waals surface area contributed by atoms with E-state index >= 15 is 0 Å². The van der Waals surface area contributed by atoms with Crippen molar-refractivity contribution in [1.82, 2.24) is 9.97 Å². The second-order valence-electron chi connectivity index (χ2n) is 4.05. The smallest absolute Gasteiger partial charge is 0.387 e. The number of hydrogen-bond donors (Lipinski definition) is 2. The molecule has 0 unspecified atom stereocenters. The Bertz CT molecular complexity index is 398. The highest BCUT2D eigenvalue weighted by atomic mass is 32.2. The number of nitrogens with one attached hydrogen (secondary N) is 1. The first-order valence-corrected chi connectivity index (χ1v) is 6.49. The van der Waals surface area contributed by atoms with Crippen molar-refractivity contribution < 1.29 is 18.3 Å². The molecule has 0 spiro atoms.